The van der Waals surface area contributed by atoms with Crippen LogP contribution in [0, 0.1) is 0 Å². The molecule has 0 saturated carbocycles. The van der Waals surface area contributed by atoms with E-state index in [1.807, 2.05) is 18.2 Å². The Labute approximate surface area is 110 Å². The molecule has 1 atom stereocenters. The molecule has 0 aliphatic carbocycles. The summed E-state index contributed by atoms with van der Waals surface area (Å²) in [5.41, 5.74) is 1.74. The van der Waals surface area contributed by atoms with Gasteiger partial charge in [0, 0.05) is 35.9 Å². The molecule has 1 aliphatic heterocycles. The fourth-order valence-corrected chi connectivity index (χ4v) is 2.59. The van der Waals surface area contributed by atoms with E-state index in [0.717, 1.165) is 47.9 Å². The van der Waals surface area contributed by atoms with Gasteiger partial charge in [-0.25, -0.2) is 0 Å². The van der Waals surface area contributed by atoms with Crippen LogP contribution in [-0.4, -0.2) is 32.6 Å². The maximum Gasteiger partial charge on any atom is 0.152 e. The van der Waals surface area contributed by atoms with Crippen LogP contribution in [0.1, 0.15) is 23.2 Å². The van der Waals surface area contributed by atoms with Gasteiger partial charge in [0.15, 0.2) is 6.29 Å². The van der Waals surface area contributed by atoms with Gasteiger partial charge in [-0.15, -0.1) is 0 Å². The molecular weight excluding hydrogens is 282 g/mol. The number of nitrogens with zero attached hydrogens (tertiary/aromatic N) is 1. The zero-order valence-electron chi connectivity index (χ0n) is 9.86. The van der Waals surface area contributed by atoms with E-state index in [-0.39, 0.29) is 6.10 Å². The van der Waals surface area contributed by atoms with Crippen molar-refractivity contribution in [3.05, 3.63) is 28.2 Å². The van der Waals surface area contributed by atoms with E-state index in [2.05, 4.69) is 20.8 Å². The fraction of sp³-hybridized carbons (Fsp3) is 0.462. The van der Waals surface area contributed by atoms with Crippen LogP contribution in [0.25, 0.3) is 0 Å². The molecule has 0 aromatic heterocycles. The van der Waals surface area contributed by atoms with Gasteiger partial charge in [0.25, 0.3) is 0 Å². The van der Waals surface area contributed by atoms with Gasteiger partial charge in [-0.1, -0.05) is 15.9 Å². The van der Waals surface area contributed by atoms with Gasteiger partial charge in [0.1, 0.15) is 0 Å². The third-order valence-corrected chi connectivity index (χ3v) is 3.66. The average molecular weight is 298 g/mol. The second-order valence-electron chi connectivity index (χ2n) is 4.27. The molecule has 1 aromatic rings. The van der Waals surface area contributed by atoms with Gasteiger partial charge in [0.2, 0.25) is 0 Å². The van der Waals surface area contributed by atoms with Crippen LogP contribution in [0.4, 0.5) is 5.69 Å². The summed E-state index contributed by atoms with van der Waals surface area (Å²) < 4.78 is 6.40. The highest BCUT2D eigenvalue weighted by Gasteiger charge is 2.21. The van der Waals surface area contributed by atoms with Gasteiger partial charge in [-0.3, -0.25) is 4.79 Å². The van der Waals surface area contributed by atoms with Crippen LogP contribution in [0.15, 0.2) is 22.7 Å². The summed E-state index contributed by atoms with van der Waals surface area (Å²) in [7, 11) is 1.75. The van der Waals surface area contributed by atoms with Crippen LogP contribution in [0.5, 0.6) is 0 Å². The van der Waals surface area contributed by atoms with Crippen molar-refractivity contribution < 1.29 is 9.53 Å². The van der Waals surface area contributed by atoms with Crippen molar-refractivity contribution in [3.8, 4) is 0 Å². The molecule has 0 bridgehead atoms. The molecule has 1 aliphatic rings. The summed E-state index contributed by atoms with van der Waals surface area (Å²) in [6.45, 7) is 1.84. The van der Waals surface area contributed by atoms with Crippen LogP contribution in [-0.2, 0) is 4.74 Å². The molecule has 0 amide bonds. The Kier molecular flexibility index (Phi) is 4.18. The number of hydrogen-bond acceptors (Lipinski definition) is 3. The molecule has 2 rings (SSSR count). The Hall–Kier alpha value is -0.870. The Bertz CT molecular complexity index is 408. The van der Waals surface area contributed by atoms with Gasteiger partial charge in [-0.05, 0) is 31.0 Å². The Morgan fingerprint density at radius 1 is 1.53 bits per heavy atom. The van der Waals surface area contributed by atoms with Crippen molar-refractivity contribution in [2.45, 2.75) is 18.9 Å². The molecule has 3 nitrogen and oxygen atoms in total. The summed E-state index contributed by atoms with van der Waals surface area (Å²) >= 11 is 3.45. The quantitative estimate of drug-likeness (QED) is 0.804. The van der Waals surface area contributed by atoms with Crippen molar-refractivity contribution in [3.63, 3.8) is 0 Å². The number of carbonyl (C=O) groups is 1. The molecule has 0 radical (unpaired) electrons. The second kappa shape index (κ2) is 5.65. The number of anilines is 1. The van der Waals surface area contributed by atoms with E-state index >= 15 is 0 Å². The lowest BCUT2D eigenvalue weighted by Gasteiger charge is -2.34. The highest BCUT2D eigenvalue weighted by molar-refractivity contribution is 9.10. The molecule has 1 unspecified atom stereocenters. The van der Waals surface area contributed by atoms with Crippen molar-refractivity contribution in [2.75, 3.05) is 25.1 Å². The van der Waals surface area contributed by atoms with Gasteiger partial charge < -0.3 is 9.64 Å². The van der Waals surface area contributed by atoms with Gasteiger partial charge >= 0.3 is 0 Å². The predicted octanol–water partition coefficient (Wildman–Crippen LogP) is 2.88. The Morgan fingerprint density at radius 3 is 3.06 bits per heavy atom. The number of hydrogen-bond donors (Lipinski definition) is 0. The van der Waals surface area contributed by atoms with Crippen molar-refractivity contribution in [1.29, 1.82) is 0 Å². The first-order valence-corrected chi connectivity index (χ1v) is 6.56. The molecule has 0 N–H and O–H groups in total. The Balaban J connectivity index is 2.25. The minimum absolute atomic E-state index is 0.266. The topological polar surface area (TPSA) is 29.5 Å². The SMILES string of the molecule is COC1CCCN(c2cc(Br)ccc2C=O)C1. The molecule has 1 fully saturated rings. The van der Waals surface area contributed by atoms with Crippen LogP contribution in [0.3, 0.4) is 0 Å². The van der Waals surface area contributed by atoms with E-state index in [9.17, 15) is 4.79 Å². The molecule has 1 heterocycles. The van der Waals surface area contributed by atoms with Crippen molar-refractivity contribution in [2.24, 2.45) is 0 Å². The van der Waals surface area contributed by atoms with E-state index in [4.69, 9.17) is 4.74 Å². The second-order valence-corrected chi connectivity index (χ2v) is 5.18. The fourth-order valence-electron chi connectivity index (χ4n) is 2.24. The Morgan fingerprint density at radius 2 is 2.35 bits per heavy atom. The first kappa shape index (κ1) is 12.6. The number of aldehydes is 1. The third-order valence-electron chi connectivity index (χ3n) is 3.17. The van der Waals surface area contributed by atoms with Crippen LogP contribution in [0.2, 0.25) is 0 Å². The van der Waals surface area contributed by atoms with E-state index in [0.29, 0.717) is 0 Å². The lowest BCUT2D eigenvalue weighted by Crippen LogP contribution is -2.39. The summed E-state index contributed by atoms with van der Waals surface area (Å²) in [6.07, 6.45) is 3.38. The van der Waals surface area contributed by atoms with Gasteiger partial charge in [0.05, 0.1) is 6.10 Å². The first-order valence-electron chi connectivity index (χ1n) is 5.77. The normalized spacial score (nSPS) is 20.4. The van der Waals surface area contributed by atoms with E-state index in [1.165, 1.54) is 0 Å². The molecule has 1 aromatic carbocycles. The largest absolute Gasteiger partial charge is 0.380 e. The standard InChI is InChI=1S/C13H16BrNO2/c1-17-12-3-2-6-15(8-12)13-7-11(14)5-4-10(13)9-16/h4-5,7,9,12H,2-3,6,8H2,1H3. The average Bonchev–Trinajstić information content (AvgIpc) is 2.39. The summed E-state index contributed by atoms with van der Waals surface area (Å²) in [4.78, 5) is 13.3. The smallest absolute Gasteiger partial charge is 0.152 e. The van der Waals surface area contributed by atoms with E-state index < -0.39 is 0 Å². The van der Waals surface area contributed by atoms with E-state index in [1.54, 1.807) is 7.11 Å². The predicted molar refractivity (Wildman–Crippen MR) is 71.8 cm³/mol. The lowest BCUT2D eigenvalue weighted by molar-refractivity contribution is 0.0892. The van der Waals surface area contributed by atoms with Crippen molar-refractivity contribution >= 4 is 27.9 Å². The molecule has 4 heteroatoms. The number of rotatable bonds is 3. The molecule has 1 saturated heterocycles. The minimum Gasteiger partial charge on any atom is -0.380 e. The number of ether oxygens (including phenoxy) is 1. The zero-order valence-corrected chi connectivity index (χ0v) is 11.4. The minimum atomic E-state index is 0.266. The maximum absolute atomic E-state index is 11.1. The molecule has 17 heavy (non-hydrogen) atoms. The third kappa shape index (κ3) is 2.87. The number of carbonyl (C=O) groups excluding carboxylic acids is 1. The number of piperidine rings is 1. The molecular formula is C13H16BrNO2. The van der Waals surface area contributed by atoms with Crippen LogP contribution >= 0.6 is 15.9 Å². The first-order chi connectivity index (χ1) is 8.24. The highest BCUT2D eigenvalue weighted by atomic mass is 79.9. The number of benzene rings is 1. The maximum atomic E-state index is 11.1. The summed E-state index contributed by atoms with van der Waals surface area (Å²) in [5.74, 6) is 0. The summed E-state index contributed by atoms with van der Waals surface area (Å²) in [6, 6.07) is 5.75. The number of halogens is 1. The van der Waals surface area contributed by atoms with Gasteiger partial charge in [-0.2, -0.15) is 0 Å². The number of methoxy groups -OCH3 is 1. The highest BCUT2D eigenvalue weighted by Crippen LogP contribution is 2.27. The molecule has 0 spiro atoms. The van der Waals surface area contributed by atoms with Crippen LogP contribution < -0.4 is 4.90 Å². The molecule has 92 valence electrons. The lowest BCUT2D eigenvalue weighted by atomic mass is 10.1. The summed E-state index contributed by atoms with van der Waals surface area (Å²) in [5, 5.41) is 0. The monoisotopic (exact) mass is 297 g/mol. The van der Waals surface area contributed by atoms with Crippen molar-refractivity contribution in [1.82, 2.24) is 0 Å². The zero-order chi connectivity index (χ0) is 12.3.